The van der Waals surface area contributed by atoms with E-state index in [1.54, 1.807) is 6.07 Å². The van der Waals surface area contributed by atoms with Crippen LogP contribution in [0.2, 0.25) is 5.02 Å². The number of carbonyl (C=O) groups excluding carboxylic acids is 1. The topological polar surface area (TPSA) is 69.6 Å². The molecule has 0 aliphatic heterocycles. The van der Waals surface area contributed by atoms with Gasteiger partial charge in [0.15, 0.2) is 0 Å². The van der Waals surface area contributed by atoms with Crippen LogP contribution in [-0.2, 0) is 0 Å². The Morgan fingerprint density at radius 3 is 2.67 bits per heavy atom. The lowest BCUT2D eigenvalue weighted by Crippen LogP contribution is -2.34. The van der Waals surface area contributed by atoms with Gasteiger partial charge in [0.1, 0.15) is 0 Å². The lowest BCUT2D eigenvalue weighted by Gasteiger charge is -2.15. The van der Waals surface area contributed by atoms with E-state index in [1.807, 2.05) is 0 Å². The van der Waals surface area contributed by atoms with E-state index in [0.717, 1.165) is 25.7 Å². The molecule has 6 heteroatoms. The Balaban J connectivity index is 2.65. The highest BCUT2D eigenvalue weighted by molar-refractivity contribution is 6.62. The molecule has 4 nitrogen and oxygen atoms in total. The summed E-state index contributed by atoms with van der Waals surface area (Å²) in [5.41, 5.74) is 0.523. The van der Waals surface area contributed by atoms with Crippen molar-refractivity contribution in [3.8, 4) is 0 Å². The van der Waals surface area contributed by atoms with Gasteiger partial charge in [-0.3, -0.25) is 4.79 Å². The summed E-state index contributed by atoms with van der Waals surface area (Å²) >= 11 is 5.85. The molecule has 0 saturated heterocycles. The highest BCUT2D eigenvalue weighted by Gasteiger charge is 2.18. The molecular formula is C15H23BClNO3. The maximum atomic E-state index is 12.1. The third kappa shape index (κ3) is 5.69. The maximum absolute atomic E-state index is 12.1. The maximum Gasteiger partial charge on any atom is 0.489 e. The third-order valence-corrected chi connectivity index (χ3v) is 3.98. The minimum Gasteiger partial charge on any atom is -0.423 e. The van der Waals surface area contributed by atoms with E-state index in [1.165, 1.54) is 12.1 Å². The first-order valence-corrected chi connectivity index (χ1v) is 7.81. The summed E-state index contributed by atoms with van der Waals surface area (Å²) in [6.45, 7) is 4.91. The second-order valence-corrected chi connectivity index (χ2v) is 5.64. The van der Waals surface area contributed by atoms with E-state index in [0.29, 0.717) is 18.0 Å². The van der Waals surface area contributed by atoms with Crippen molar-refractivity contribution in [2.24, 2.45) is 5.92 Å². The first-order chi connectivity index (χ1) is 9.99. The van der Waals surface area contributed by atoms with Crippen LogP contribution in [0.15, 0.2) is 18.2 Å². The fourth-order valence-electron chi connectivity index (χ4n) is 2.17. The number of nitrogens with one attached hydrogen (secondary N) is 1. The van der Waals surface area contributed by atoms with Gasteiger partial charge in [0.2, 0.25) is 0 Å². The standard InChI is InChI=1S/C15H23BClNO3/c1-3-5-6-11(4-2)10-18-15(19)12-7-8-14(17)13(9-12)16(20)21/h7-9,11,20-21H,3-6,10H2,1-2H3,(H,18,19)/t11-/m1/s1. The van der Waals surface area contributed by atoms with Crippen molar-refractivity contribution in [1.82, 2.24) is 5.32 Å². The Morgan fingerprint density at radius 1 is 1.38 bits per heavy atom. The van der Waals surface area contributed by atoms with E-state index in [4.69, 9.17) is 11.6 Å². The number of unbranched alkanes of at least 4 members (excludes halogenated alkanes) is 1. The summed E-state index contributed by atoms with van der Waals surface area (Å²) in [5, 5.41) is 21.5. The van der Waals surface area contributed by atoms with Gasteiger partial charge in [-0.05, 0) is 30.5 Å². The Morgan fingerprint density at radius 2 is 2.10 bits per heavy atom. The number of hydrogen-bond acceptors (Lipinski definition) is 3. The SMILES string of the molecule is CCCC[C@@H](CC)CNC(=O)c1ccc(Cl)c(B(O)O)c1. The molecule has 1 rings (SSSR count). The molecule has 1 atom stereocenters. The highest BCUT2D eigenvalue weighted by Crippen LogP contribution is 2.12. The van der Waals surface area contributed by atoms with E-state index in [-0.39, 0.29) is 16.4 Å². The molecule has 0 aromatic heterocycles. The Kier molecular flexibility index (Phi) is 7.79. The lowest BCUT2D eigenvalue weighted by molar-refractivity contribution is 0.0946. The molecule has 0 radical (unpaired) electrons. The summed E-state index contributed by atoms with van der Waals surface area (Å²) in [7, 11) is -1.68. The van der Waals surface area contributed by atoms with Gasteiger partial charge in [0, 0.05) is 22.6 Å². The molecule has 1 aromatic rings. The molecule has 0 spiro atoms. The van der Waals surface area contributed by atoms with Crippen LogP contribution in [0.1, 0.15) is 49.9 Å². The van der Waals surface area contributed by atoms with Gasteiger partial charge in [-0.1, -0.05) is 44.7 Å². The number of hydrogen-bond donors (Lipinski definition) is 3. The lowest BCUT2D eigenvalue weighted by atomic mass is 9.79. The van der Waals surface area contributed by atoms with Crippen LogP contribution < -0.4 is 10.8 Å². The quantitative estimate of drug-likeness (QED) is 0.643. The Bertz CT molecular complexity index is 468. The largest absolute Gasteiger partial charge is 0.489 e. The molecule has 0 aliphatic rings. The first kappa shape index (κ1) is 18.0. The second kappa shape index (κ2) is 9.08. The van der Waals surface area contributed by atoms with Crippen LogP contribution >= 0.6 is 11.6 Å². The van der Waals surface area contributed by atoms with Crippen LogP contribution in [0.3, 0.4) is 0 Å². The zero-order valence-corrected chi connectivity index (χ0v) is 13.4. The summed E-state index contributed by atoms with van der Waals surface area (Å²) < 4.78 is 0. The van der Waals surface area contributed by atoms with Gasteiger partial charge in [-0.2, -0.15) is 0 Å². The van der Waals surface area contributed by atoms with E-state index >= 15 is 0 Å². The monoisotopic (exact) mass is 311 g/mol. The van der Waals surface area contributed by atoms with Crippen LogP contribution in [0.4, 0.5) is 0 Å². The number of rotatable bonds is 8. The molecule has 0 aliphatic carbocycles. The molecule has 0 unspecified atom stereocenters. The molecule has 1 amide bonds. The fraction of sp³-hybridized carbons (Fsp3) is 0.533. The molecule has 0 bridgehead atoms. The molecule has 0 saturated carbocycles. The van der Waals surface area contributed by atoms with Crippen molar-refractivity contribution in [3.63, 3.8) is 0 Å². The molecular weight excluding hydrogens is 288 g/mol. The molecule has 0 heterocycles. The zero-order chi connectivity index (χ0) is 15.8. The summed E-state index contributed by atoms with van der Waals surface area (Å²) in [4.78, 5) is 12.1. The molecule has 0 fully saturated rings. The van der Waals surface area contributed by atoms with E-state index in [9.17, 15) is 14.8 Å². The van der Waals surface area contributed by atoms with Crippen LogP contribution in [-0.4, -0.2) is 29.6 Å². The highest BCUT2D eigenvalue weighted by atomic mass is 35.5. The van der Waals surface area contributed by atoms with Crippen molar-refractivity contribution in [3.05, 3.63) is 28.8 Å². The Labute approximate surface area is 131 Å². The summed E-state index contributed by atoms with van der Waals surface area (Å²) in [6.07, 6.45) is 4.45. The number of halogens is 1. The van der Waals surface area contributed by atoms with Gasteiger partial charge in [0.05, 0.1) is 0 Å². The average molecular weight is 312 g/mol. The van der Waals surface area contributed by atoms with Gasteiger partial charge in [0.25, 0.3) is 5.91 Å². The van der Waals surface area contributed by atoms with Gasteiger partial charge < -0.3 is 15.4 Å². The average Bonchev–Trinajstić information content (AvgIpc) is 2.47. The second-order valence-electron chi connectivity index (χ2n) is 5.24. The minimum atomic E-state index is -1.68. The molecule has 21 heavy (non-hydrogen) atoms. The zero-order valence-electron chi connectivity index (χ0n) is 12.6. The van der Waals surface area contributed by atoms with Crippen molar-refractivity contribution in [1.29, 1.82) is 0 Å². The van der Waals surface area contributed by atoms with Crippen molar-refractivity contribution in [2.45, 2.75) is 39.5 Å². The third-order valence-electron chi connectivity index (χ3n) is 3.63. The summed E-state index contributed by atoms with van der Waals surface area (Å²) in [5.74, 6) is 0.257. The minimum absolute atomic E-state index is 0.141. The van der Waals surface area contributed by atoms with Crippen molar-refractivity contribution < 1.29 is 14.8 Å². The smallest absolute Gasteiger partial charge is 0.423 e. The predicted molar refractivity (Wildman–Crippen MR) is 86.9 cm³/mol. The van der Waals surface area contributed by atoms with Gasteiger partial charge >= 0.3 is 7.12 Å². The van der Waals surface area contributed by atoms with Crippen LogP contribution in [0, 0.1) is 5.92 Å². The van der Waals surface area contributed by atoms with Crippen molar-refractivity contribution in [2.75, 3.05) is 6.54 Å². The fourth-order valence-corrected chi connectivity index (χ4v) is 2.38. The van der Waals surface area contributed by atoms with Crippen molar-refractivity contribution >= 4 is 30.1 Å². The predicted octanol–water partition coefficient (Wildman–Crippen LogP) is 1.97. The van der Waals surface area contributed by atoms with E-state index in [2.05, 4.69) is 19.2 Å². The van der Waals surface area contributed by atoms with Crippen LogP contribution in [0.5, 0.6) is 0 Å². The number of benzene rings is 1. The normalized spacial score (nSPS) is 12.0. The number of amides is 1. The molecule has 1 aromatic carbocycles. The van der Waals surface area contributed by atoms with Gasteiger partial charge in [-0.25, -0.2) is 0 Å². The van der Waals surface area contributed by atoms with Crippen LogP contribution in [0.25, 0.3) is 0 Å². The Hall–Kier alpha value is -1.04. The summed E-state index contributed by atoms with van der Waals surface area (Å²) in [6, 6.07) is 4.49. The first-order valence-electron chi connectivity index (χ1n) is 7.43. The van der Waals surface area contributed by atoms with Gasteiger partial charge in [-0.15, -0.1) is 0 Å². The number of carbonyl (C=O) groups is 1. The molecule has 3 N–H and O–H groups in total. The van der Waals surface area contributed by atoms with E-state index < -0.39 is 7.12 Å². The molecule has 116 valence electrons.